The molecule has 4 aliphatic rings. The first-order valence-electron chi connectivity index (χ1n) is 19.7. The number of piperidine rings is 3. The summed E-state index contributed by atoms with van der Waals surface area (Å²) in [5.41, 5.74) is 7.53. The Hall–Kier alpha value is -4.89. The van der Waals surface area contributed by atoms with Gasteiger partial charge in [0.2, 0.25) is 11.8 Å². The first kappa shape index (κ1) is 36.1. The molecule has 8 rings (SSSR count). The molecule has 3 saturated heterocycles. The van der Waals surface area contributed by atoms with E-state index < -0.39 is 6.04 Å². The Morgan fingerprint density at radius 2 is 1.57 bits per heavy atom. The fourth-order valence-corrected chi connectivity index (χ4v) is 9.55. The highest BCUT2D eigenvalue weighted by Crippen LogP contribution is 2.50. The summed E-state index contributed by atoms with van der Waals surface area (Å²) in [6.07, 6.45) is 6.77. The van der Waals surface area contributed by atoms with Gasteiger partial charge in [0.15, 0.2) is 0 Å². The number of carbonyl (C=O) groups is 2. The van der Waals surface area contributed by atoms with E-state index in [1.54, 1.807) is 7.11 Å². The molecule has 3 aliphatic heterocycles. The van der Waals surface area contributed by atoms with E-state index >= 15 is 4.39 Å². The zero-order valence-corrected chi connectivity index (χ0v) is 31.1. The van der Waals surface area contributed by atoms with Crippen LogP contribution in [0.1, 0.15) is 90.5 Å². The third-order valence-corrected chi connectivity index (χ3v) is 12.5. The first-order chi connectivity index (χ1) is 26.3. The number of fused-ring (bicyclic) bond motifs is 1. The number of aromatic hydroxyl groups is 1. The average Bonchev–Trinajstić information content (AvgIpc) is 3.19. The molecule has 0 saturated carbocycles. The normalized spacial score (nSPS) is 22.8. The van der Waals surface area contributed by atoms with E-state index in [2.05, 4.69) is 75.0 Å². The standard InChI is InChI=1S/C45H51FN4O4/c1-54-42-27-34(9-13-39(42)44-37(30-5-3-2-4-6-30)11-7-32-25-35(51)10-14-38(32)44)50-23-17-29(18-24-50)28-49-21-19-31(20-22-49)36-12-8-33(26-40(36)46)47-41-15-16-43(52)48-45(41)53/h2-6,8-10,12-14,25-27,29,31,37,41,44,47,51H,7,11,15-24,28H2,1H3,(H,48,52,53)/t37-,41+,44+/m1/s1. The molecule has 4 aromatic carbocycles. The summed E-state index contributed by atoms with van der Waals surface area (Å²) >= 11 is 0. The lowest BCUT2D eigenvalue weighted by molar-refractivity contribution is -0.133. The molecular weight excluding hydrogens is 680 g/mol. The topological polar surface area (TPSA) is 94.1 Å². The van der Waals surface area contributed by atoms with Crippen LogP contribution < -0.4 is 20.3 Å². The highest BCUT2D eigenvalue weighted by molar-refractivity contribution is 6.01. The van der Waals surface area contributed by atoms with Gasteiger partial charge in [-0.25, -0.2) is 4.39 Å². The number of halogens is 1. The van der Waals surface area contributed by atoms with Crippen molar-refractivity contribution in [2.24, 2.45) is 5.92 Å². The summed E-state index contributed by atoms with van der Waals surface area (Å²) in [5.74, 6) is 1.65. The molecule has 282 valence electrons. The summed E-state index contributed by atoms with van der Waals surface area (Å²) in [5, 5.41) is 15.7. The predicted molar refractivity (Wildman–Crippen MR) is 210 cm³/mol. The molecule has 2 amide bonds. The van der Waals surface area contributed by atoms with E-state index in [1.165, 1.54) is 34.0 Å². The Balaban J connectivity index is 0.866. The average molecular weight is 731 g/mol. The minimum atomic E-state index is -0.526. The van der Waals surface area contributed by atoms with Gasteiger partial charge in [0.1, 0.15) is 23.4 Å². The fourth-order valence-electron chi connectivity index (χ4n) is 9.55. The predicted octanol–water partition coefficient (Wildman–Crippen LogP) is 7.71. The number of hydrogen-bond acceptors (Lipinski definition) is 7. The van der Waals surface area contributed by atoms with Crippen LogP contribution in [0.4, 0.5) is 15.8 Å². The number of nitrogens with zero attached hydrogens (tertiary/aromatic N) is 2. The van der Waals surface area contributed by atoms with E-state index in [9.17, 15) is 14.7 Å². The number of amides is 2. The number of aryl methyl sites for hydroxylation is 1. The van der Waals surface area contributed by atoms with Gasteiger partial charge in [0.25, 0.3) is 0 Å². The Morgan fingerprint density at radius 1 is 0.815 bits per heavy atom. The number of phenols is 1. The quantitative estimate of drug-likeness (QED) is 0.152. The third kappa shape index (κ3) is 7.69. The van der Waals surface area contributed by atoms with Gasteiger partial charge in [-0.15, -0.1) is 0 Å². The van der Waals surface area contributed by atoms with Crippen molar-refractivity contribution in [2.45, 2.75) is 75.2 Å². The van der Waals surface area contributed by atoms with Gasteiger partial charge in [-0.1, -0.05) is 48.5 Å². The number of rotatable bonds is 9. The summed E-state index contributed by atoms with van der Waals surface area (Å²) in [4.78, 5) is 28.7. The van der Waals surface area contributed by atoms with E-state index in [-0.39, 0.29) is 35.9 Å². The van der Waals surface area contributed by atoms with Gasteiger partial charge in [-0.05, 0) is 128 Å². The molecule has 9 heteroatoms. The number of anilines is 2. The number of benzene rings is 4. The molecule has 0 bridgehead atoms. The van der Waals surface area contributed by atoms with E-state index in [1.807, 2.05) is 24.3 Å². The van der Waals surface area contributed by atoms with Crippen LogP contribution in [0.25, 0.3) is 0 Å². The lowest BCUT2D eigenvalue weighted by Gasteiger charge is -2.39. The van der Waals surface area contributed by atoms with Gasteiger partial charge in [-0.2, -0.15) is 0 Å². The maximum atomic E-state index is 15.3. The van der Waals surface area contributed by atoms with Crippen LogP contribution in [0.5, 0.6) is 11.5 Å². The number of phenolic OH excluding ortho intramolecular Hbond substituents is 1. The lowest BCUT2D eigenvalue weighted by atomic mass is 9.69. The minimum absolute atomic E-state index is 0.133. The van der Waals surface area contributed by atoms with E-state index in [4.69, 9.17) is 4.74 Å². The Kier molecular flexibility index (Phi) is 10.6. The Morgan fingerprint density at radius 3 is 2.31 bits per heavy atom. The van der Waals surface area contributed by atoms with Crippen molar-refractivity contribution in [3.63, 3.8) is 0 Å². The monoisotopic (exact) mass is 730 g/mol. The van der Waals surface area contributed by atoms with Gasteiger partial charge in [0, 0.05) is 55.0 Å². The highest BCUT2D eigenvalue weighted by Gasteiger charge is 2.35. The molecule has 3 atom stereocenters. The lowest BCUT2D eigenvalue weighted by Crippen LogP contribution is -2.47. The molecular formula is C45H51FN4O4. The molecule has 4 aromatic rings. The van der Waals surface area contributed by atoms with Crippen LogP contribution in [-0.4, -0.2) is 67.7 Å². The first-order valence-corrected chi connectivity index (χ1v) is 19.7. The van der Waals surface area contributed by atoms with Crippen LogP contribution in [0, 0.1) is 11.7 Å². The van der Waals surface area contributed by atoms with Crippen molar-refractivity contribution in [2.75, 3.05) is 50.1 Å². The maximum absolute atomic E-state index is 15.3. The number of likely N-dealkylation sites (tertiary alicyclic amines) is 1. The highest BCUT2D eigenvalue weighted by atomic mass is 19.1. The van der Waals surface area contributed by atoms with Crippen molar-refractivity contribution in [1.82, 2.24) is 10.2 Å². The summed E-state index contributed by atoms with van der Waals surface area (Å²) in [7, 11) is 1.78. The SMILES string of the molecule is COc1cc(N2CCC(CN3CCC(c4ccc(N[C@H]5CCC(=O)NC5=O)cc4F)CC3)CC2)ccc1[C@@H]1c2ccc(O)cc2CC[C@@H]1c1ccccc1. The Labute approximate surface area is 317 Å². The summed E-state index contributed by atoms with van der Waals surface area (Å²) in [6.45, 7) is 5.02. The second-order valence-corrected chi connectivity index (χ2v) is 15.7. The molecule has 3 fully saturated rings. The molecule has 54 heavy (non-hydrogen) atoms. The number of imide groups is 1. The molecule has 1 aliphatic carbocycles. The molecule has 0 aromatic heterocycles. The van der Waals surface area contributed by atoms with Gasteiger partial charge in [-0.3, -0.25) is 14.9 Å². The number of carbonyl (C=O) groups excluding carboxylic acids is 2. The van der Waals surface area contributed by atoms with Crippen molar-refractivity contribution in [1.29, 1.82) is 0 Å². The number of nitrogens with one attached hydrogen (secondary N) is 2. The van der Waals surface area contributed by atoms with Crippen molar-refractivity contribution < 1.29 is 23.8 Å². The van der Waals surface area contributed by atoms with Crippen LogP contribution in [0.3, 0.4) is 0 Å². The van der Waals surface area contributed by atoms with Crippen molar-refractivity contribution in [3.8, 4) is 11.5 Å². The van der Waals surface area contributed by atoms with E-state index in [0.717, 1.165) is 82.6 Å². The molecule has 0 spiro atoms. The third-order valence-electron chi connectivity index (χ3n) is 12.5. The molecule has 0 radical (unpaired) electrons. The fraction of sp³-hybridized carbons (Fsp3) is 0.422. The number of hydrogen-bond donors (Lipinski definition) is 3. The zero-order valence-electron chi connectivity index (χ0n) is 31.1. The Bertz CT molecular complexity index is 1970. The summed E-state index contributed by atoms with van der Waals surface area (Å²) in [6, 6.07) is 28.1. The van der Waals surface area contributed by atoms with Crippen LogP contribution in [-0.2, 0) is 16.0 Å². The molecule has 8 nitrogen and oxygen atoms in total. The van der Waals surface area contributed by atoms with Gasteiger partial charge in [0.05, 0.1) is 7.11 Å². The molecule has 3 N–H and O–H groups in total. The minimum Gasteiger partial charge on any atom is -0.508 e. The molecule has 3 heterocycles. The van der Waals surface area contributed by atoms with Gasteiger partial charge >= 0.3 is 0 Å². The van der Waals surface area contributed by atoms with Crippen LogP contribution >= 0.6 is 0 Å². The number of ether oxygens (including phenoxy) is 1. The second-order valence-electron chi connectivity index (χ2n) is 15.7. The maximum Gasteiger partial charge on any atom is 0.249 e. The van der Waals surface area contributed by atoms with Gasteiger partial charge < -0.3 is 25.0 Å². The second kappa shape index (κ2) is 15.8. The summed E-state index contributed by atoms with van der Waals surface area (Å²) < 4.78 is 21.4. The smallest absolute Gasteiger partial charge is 0.249 e. The largest absolute Gasteiger partial charge is 0.508 e. The van der Waals surface area contributed by atoms with Crippen LogP contribution in [0.2, 0.25) is 0 Å². The molecule has 0 unspecified atom stereocenters. The van der Waals surface area contributed by atoms with Crippen molar-refractivity contribution >= 4 is 23.2 Å². The zero-order chi connectivity index (χ0) is 37.2. The van der Waals surface area contributed by atoms with Crippen molar-refractivity contribution in [3.05, 3.63) is 119 Å². The number of methoxy groups -OCH3 is 1. The van der Waals surface area contributed by atoms with E-state index in [0.29, 0.717) is 29.7 Å². The van der Waals surface area contributed by atoms with Crippen LogP contribution in [0.15, 0.2) is 84.9 Å².